The van der Waals surface area contributed by atoms with Gasteiger partial charge in [-0.05, 0) is 37.1 Å². The zero-order valence-electron chi connectivity index (χ0n) is 11.5. The van der Waals surface area contributed by atoms with Crippen LogP contribution in [0, 0.1) is 5.41 Å². The molecule has 1 saturated heterocycles. The van der Waals surface area contributed by atoms with E-state index in [9.17, 15) is 9.90 Å². The molecule has 1 aliphatic heterocycles. The fourth-order valence-corrected chi connectivity index (χ4v) is 2.27. The summed E-state index contributed by atoms with van der Waals surface area (Å²) in [6, 6.07) is 0. The van der Waals surface area contributed by atoms with Crippen LogP contribution in [-0.4, -0.2) is 44.0 Å². The van der Waals surface area contributed by atoms with Crippen LogP contribution in [0.25, 0.3) is 0 Å². The number of nitrogens with zero attached hydrogens (tertiary/aromatic N) is 4. The summed E-state index contributed by atoms with van der Waals surface area (Å²) >= 11 is 0. The molecule has 0 radical (unpaired) electrons. The first-order valence-electron chi connectivity index (χ1n) is 6.57. The summed E-state index contributed by atoms with van der Waals surface area (Å²) in [7, 11) is 0. The average molecular weight is 268 g/mol. The first-order valence-corrected chi connectivity index (χ1v) is 6.57. The van der Waals surface area contributed by atoms with Crippen molar-refractivity contribution < 1.29 is 14.6 Å². The molecule has 2 rings (SSSR count). The molecule has 0 aromatic carbocycles. The normalized spacial score (nSPS) is 26.3. The molecule has 3 unspecified atom stereocenters. The lowest BCUT2D eigenvalue weighted by Gasteiger charge is -2.23. The van der Waals surface area contributed by atoms with Crippen LogP contribution in [0.15, 0.2) is 0 Å². The Labute approximate surface area is 111 Å². The first-order chi connectivity index (χ1) is 8.96. The molecule has 1 aromatic rings. The number of rotatable bonds is 5. The fraction of sp³-hybridized carbons (Fsp3) is 0.833. The van der Waals surface area contributed by atoms with Gasteiger partial charge in [-0.2, -0.15) is 0 Å². The molecule has 1 aromatic heterocycles. The van der Waals surface area contributed by atoms with Crippen LogP contribution in [0.2, 0.25) is 0 Å². The van der Waals surface area contributed by atoms with Crippen molar-refractivity contribution in [2.24, 2.45) is 5.41 Å². The smallest absolute Gasteiger partial charge is 0.311 e. The maximum atomic E-state index is 11.4. The number of carboxylic acid groups (broad SMARTS) is 1. The van der Waals surface area contributed by atoms with E-state index in [1.165, 1.54) is 0 Å². The third kappa shape index (κ3) is 2.75. The van der Waals surface area contributed by atoms with Gasteiger partial charge in [0.1, 0.15) is 0 Å². The number of aliphatic carboxylic acids is 1. The van der Waals surface area contributed by atoms with Crippen LogP contribution in [0.3, 0.4) is 0 Å². The number of carbonyl (C=O) groups is 1. The third-order valence-electron chi connectivity index (χ3n) is 3.92. The van der Waals surface area contributed by atoms with Crippen molar-refractivity contribution in [1.82, 2.24) is 20.2 Å². The Hall–Kier alpha value is -1.50. The number of tetrazole rings is 1. The molecule has 1 aliphatic rings. The van der Waals surface area contributed by atoms with Crippen LogP contribution in [0.4, 0.5) is 0 Å². The Balaban J connectivity index is 2.18. The standard InChI is InChI=1S/C12H20N4O3/c1-4-12(3,11(17)18)7-16-10(13-14-15-16)9-5-8(2)19-6-9/h8-9H,4-7H2,1-3H3,(H,17,18). The van der Waals surface area contributed by atoms with Gasteiger partial charge in [0.25, 0.3) is 0 Å². The van der Waals surface area contributed by atoms with Gasteiger partial charge in [0.15, 0.2) is 5.82 Å². The number of hydrogen-bond acceptors (Lipinski definition) is 5. The largest absolute Gasteiger partial charge is 0.481 e. The molecular formula is C12H20N4O3. The molecule has 19 heavy (non-hydrogen) atoms. The van der Waals surface area contributed by atoms with E-state index in [2.05, 4.69) is 15.5 Å². The monoisotopic (exact) mass is 268 g/mol. The van der Waals surface area contributed by atoms with Crippen molar-refractivity contribution >= 4 is 5.97 Å². The van der Waals surface area contributed by atoms with E-state index in [1.807, 2.05) is 13.8 Å². The molecule has 0 amide bonds. The molecule has 0 saturated carbocycles. The Morgan fingerprint density at radius 2 is 2.37 bits per heavy atom. The Morgan fingerprint density at radius 3 is 2.89 bits per heavy atom. The lowest BCUT2D eigenvalue weighted by Crippen LogP contribution is -2.33. The van der Waals surface area contributed by atoms with Crippen molar-refractivity contribution in [3.8, 4) is 0 Å². The van der Waals surface area contributed by atoms with Gasteiger partial charge in [-0.15, -0.1) is 5.10 Å². The minimum Gasteiger partial charge on any atom is -0.481 e. The molecule has 7 nitrogen and oxygen atoms in total. The molecule has 7 heteroatoms. The molecular weight excluding hydrogens is 248 g/mol. The second kappa shape index (κ2) is 5.24. The zero-order chi connectivity index (χ0) is 14.0. The first kappa shape index (κ1) is 13.9. The minimum absolute atomic E-state index is 0.153. The van der Waals surface area contributed by atoms with Crippen molar-refractivity contribution in [1.29, 1.82) is 0 Å². The highest BCUT2D eigenvalue weighted by Gasteiger charge is 2.35. The van der Waals surface area contributed by atoms with E-state index in [0.717, 1.165) is 12.2 Å². The van der Waals surface area contributed by atoms with Gasteiger partial charge in [0.2, 0.25) is 0 Å². The van der Waals surface area contributed by atoms with Crippen LogP contribution >= 0.6 is 0 Å². The molecule has 3 atom stereocenters. The van der Waals surface area contributed by atoms with Gasteiger partial charge in [-0.3, -0.25) is 4.79 Å². The number of aromatic nitrogens is 4. The Bertz CT molecular complexity index is 462. The number of ether oxygens (including phenoxy) is 1. The molecule has 1 fully saturated rings. The van der Waals surface area contributed by atoms with Gasteiger partial charge < -0.3 is 9.84 Å². The molecule has 106 valence electrons. The van der Waals surface area contributed by atoms with E-state index >= 15 is 0 Å². The van der Waals surface area contributed by atoms with E-state index in [0.29, 0.717) is 13.0 Å². The summed E-state index contributed by atoms with van der Waals surface area (Å²) < 4.78 is 7.14. The van der Waals surface area contributed by atoms with E-state index in [-0.39, 0.29) is 18.6 Å². The Morgan fingerprint density at radius 1 is 1.63 bits per heavy atom. The van der Waals surface area contributed by atoms with Crippen molar-refractivity contribution in [2.75, 3.05) is 6.61 Å². The Kier molecular flexibility index (Phi) is 3.84. The number of carboxylic acids is 1. The van der Waals surface area contributed by atoms with Crippen LogP contribution in [-0.2, 0) is 16.1 Å². The SMILES string of the molecule is CCC(C)(Cn1nnnc1C1COC(C)C1)C(=O)O. The van der Waals surface area contributed by atoms with Crippen LogP contribution < -0.4 is 0 Å². The van der Waals surface area contributed by atoms with Gasteiger partial charge >= 0.3 is 5.97 Å². The number of hydrogen-bond donors (Lipinski definition) is 1. The lowest BCUT2D eigenvalue weighted by atomic mass is 9.87. The molecule has 2 heterocycles. The molecule has 1 N–H and O–H groups in total. The predicted molar refractivity (Wildman–Crippen MR) is 66.6 cm³/mol. The summed E-state index contributed by atoms with van der Waals surface area (Å²) in [6.07, 6.45) is 1.60. The van der Waals surface area contributed by atoms with Gasteiger partial charge in [0, 0.05) is 5.92 Å². The topological polar surface area (TPSA) is 90.1 Å². The predicted octanol–water partition coefficient (Wildman–Crippen LogP) is 1.07. The highest BCUT2D eigenvalue weighted by molar-refractivity contribution is 5.73. The highest BCUT2D eigenvalue weighted by atomic mass is 16.5. The maximum absolute atomic E-state index is 11.4. The summed E-state index contributed by atoms with van der Waals surface area (Å²) in [6.45, 7) is 6.47. The van der Waals surface area contributed by atoms with Crippen molar-refractivity contribution in [3.63, 3.8) is 0 Å². The quantitative estimate of drug-likeness (QED) is 0.859. The van der Waals surface area contributed by atoms with Gasteiger partial charge in [-0.1, -0.05) is 6.92 Å². The average Bonchev–Trinajstić information content (AvgIpc) is 2.97. The molecule has 0 spiro atoms. The summed E-state index contributed by atoms with van der Waals surface area (Å²) in [5, 5.41) is 21.0. The van der Waals surface area contributed by atoms with E-state index in [1.54, 1.807) is 11.6 Å². The second-order valence-corrected chi connectivity index (χ2v) is 5.49. The summed E-state index contributed by atoms with van der Waals surface area (Å²) in [4.78, 5) is 11.4. The summed E-state index contributed by atoms with van der Waals surface area (Å²) in [5.41, 5.74) is -0.852. The second-order valence-electron chi connectivity index (χ2n) is 5.49. The van der Waals surface area contributed by atoms with Crippen LogP contribution in [0.5, 0.6) is 0 Å². The van der Waals surface area contributed by atoms with Crippen molar-refractivity contribution in [2.45, 2.75) is 52.2 Å². The minimum atomic E-state index is -0.852. The van der Waals surface area contributed by atoms with E-state index in [4.69, 9.17) is 4.74 Å². The summed E-state index contributed by atoms with van der Waals surface area (Å²) in [5.74, 6) is 0.0534. The van der Waals surface area contributed by atoms with Gasteiger partial charge in [-0.25, -0.2) is 4.68 Å². The van der Waals surface area contributed by atoms with Gasteiger partial charge in [0.05, 0.1) is 24.7 Å². The third-order valence-corrected chi connectivity index (χ3v) is 3.92. The van der Waals surface area contributed by atoms with Crippen molar-refractivity contribution in [3.05, 3.63) is 5.82 Å². The molecule has 0 aliphatic carbocycles. The zero-order valence-corrected chi connectivity index (χ0v) is 11.5. The maximum Gasteiger partial charge on any atom is 0.311 e. The molecule has 0 bridgehead atoms. The highest BCUT2D eigenvalue weighted by Crippen LogP contribution is 2.30. The van der Waals surface area contributed by atoms with E-state index < -0.39 is 11.4 Å². The van der Waals surface area contributed by atoms with Crippen LogP contribution in [0.1, 0.15) is 45.4 Å². The lowest BCUT2D eigenvalue weighted by molar-refractivity contribution is -0.149. The fourth-order valence-electron chi connectivity index (χ4n) is 2.27.